The van der Waals surface area contributed by atoms with Gasteiger partial charge in [0, 0.05) is 17.7 Å². The molecular formula is C13H20O7. The van der Waals surface area contributed by atoms with Gasteiger partial charge in [-0.25, -0.2) is 14.4 Å². The topological polar surface area (TPSA) is 110 Å². The van der Waals surface area contributed by atoms with Gasteiger partial charge in [-0.15, -0.1) is 0 Å². The normalized spacial score (nSPS) is 7.55. The zero-order chi connectivity index (χ0) is 16.6. The Morgan fingerprint density at radius 2 is 1.65 bits per heavy atom. The Hall–Kier alpha value is -2.41. The second kappa shape index (κ2) is 16.6. The highest BCUT2D eigenvalue weighted by atomic mass is 16.5. The summed E-state index contributed by atoms with van der Waals surface area (Å²) in [7, 11) is 1.33. The summed E-state index contributed by atoms with van der Waals surface area (Å²) < 4.78 is 8.61. The minimum absolute atomic E-state index is 0.0465. The molecule has 0 atom stereocenters. The van der Waals surface area contributed by atoms with Crippen molar-refractivity contribution in [2.75, 3.05) is 20.3 Å². The van der Waals surface area contributed by atoms with E-state index in [4.69, 9.17) is 10.2 Å². The summed E-state index contributed by atoms with van der Waals surface area (Å²) in [5.74, 6) is -1.83. The van der Waals surface area contributed by atoms with E-state index < -0.39 is 11.9 Å². The number of carbonyl (C=O) groups excluding carboxylic acids is 2. The van der Waals surface area contributed by atoms with Crippen molar-refractivity contribution >= 4 is 17.9 Å². The molecule has 2 N–H and O–H groups in total. The molecule has 7 heteroatoms. The Labute approximate surface area is 117 Å². The lowest BCUT2D eigenvalue weighted by molar-refractivity contribution is -0.138. The van der Waals surface area contributed by atoms with Gasteiger partial charge >= 0.3 is 17.9 Å². The predicted molar refractivity (Wildman–Crippen MR) is 72.9 cm³/mol. The number of carbonyl (C=O) groups is 3. The third-order valence-corrected chi connectivity index (χ3v) is 1.21. The molecule has 0 saturated carbocycles. The highest BCUT2D eigenvalue weighted by Gasteiger charge is 1.95. The molecule has 0 fully saturated rings. The number of hydrogen-bond acceptors (Lipinski definition) is 6. The van der Waals surface area contributed by atoms with Gasteiger partial charge in [0.15, 0.2) is 0 Å². The zero-order valence-electron chi connectivity index (χ0n) is 11.6. The number of aliphatic hydroxyl groups is 1. The first-order chi connectivity index (χ1) is 9.26. The van der Waals surface area contributed by atoms with Crippen LogP contribution in [-0.4, -0.2) is 48.4 Å². The Bertz CT molecular complexity index is 345. The second-order valence-electron chi connectivity index (χ2n) is 2.91. The number of ether oxygens (including phenoxy) is 2. The van der Waals surface area contributed by atoms with E-state index in [1.165, 1.54) is 7.11 Å². The number of aliphatic hydroxyl groups excluding tert-OH is 1. The van der Waals surface area contributed by atoms with Crippen LogP contribution in [0.25, 0.3) is 0 Å². The summed E-state index contributed by atoms with van der Waals surface area (Å²) in [6.45, 7) is 11.0. The molecule has 0 rings (SSSR count). The van der Waals surface area contributed by atoms with E-state index in [0.29, 0.717) is 5.57 Å². The van der Waals surface area contributed by atoms with Crippen LogP contribution in [0.2, 0.25) is 0 Å². The first kappa shape index (κ1) is 22.7. The molecule has 0 heterocycles. The van der Waals surface area contributed by atoms with Crippen LogP contribution in [-0.2, 0) is 23.9 Å². The number of rotatable bonds is 5. The first-order valence-corrected chi connectivity index (χ1v) is 5.25. The lowest BCUT2D eigenvalue weighted by atomic mass is 10.4. The molecule has 114 valence electrons. The maximum atomic E-state index is 10.2. The maximum Gasteiger partial charge on any atom is 0.332 e. The van der Waals surface area contributed by atoms with Crippen LogP contribution < -0.4 is 0 Å². The Morgan fingerprint density at radius 3 is 1.80 bits per heavy atom. The van der Waals surface area contributed by atoms with Gasteiger partial charge in [0.25, 0.3) is 0 Å². The molecule has 0 saturated heterocycles. The predicted octanol–water partition coefficient (Wildman–Crippen LogP) is 0.700. The SMILES string of the molecule is C=C(C)C(=O)OC.C=CC(=O)O.C=CC(=O)OCCO. The number of hydrogen-bond donors (Lipinski definition) is 2. The lowest BCUT2D eigenvalue weighted by Crippen LogP contribution is -2.04. The van der Waals surface area contributed by atoms with E-state index in [1.54, 1.807) is 6.92 Å². The lowest BCUT2D eigenvalue weighted by Gasteiger charge is -1.94. The fourth-order valence-electron chi connectivity index (χ4n) is 0.379. The third kappa shape index (κ3) is 24.7. The summed E-state index contributed by atoms with van der Waals surface area (Å²) in [6, 6.07) is 0. The monoisotopic (exact) mass is 288 g/mol. The van der Waals surface area contributed by atoms with Crippen LogP contribution in [0.3, 0.4) is 0 Å². The summed E-state index contributed by atoms with van der Waals surface area (Å²) in [6.07, 6.45) is 1.88. The molecule has 0 spiro atoms. The fraction of sp³-hybridized carbons (Fsp3) is 0.308. The highest BCUT2D eigenvalue weighted by Crippen LogP contribution is 1.87. The van der Waals surface area contributed by atoms with Gasteiger partial charge in [0.05, 0.1) is 13.7 Å². The van der Waals surface area contributed by atoms with E-state index in [9.17, 15) is 14.4 Å². The van der Waals surface area contributed by atoms with Crippen molar-refractivity contribution in [3.8, 4) is 0 Å². The van der Waals surface area contributed by atoms with Crippen molar-refractivity contribution < 1.29 is 34.1 Å². The molecule has 20 heavy (non-hydrogen) atoms. The van der Waals surface area contributed by atoms with Crippen molar-refractivity contribution in [2.45, 2.75) is 6.92 Å². The van der Waals surface area contributed by atoms with E-state index in [-0.39, 0.29) is 19.2 Å². The van der Waals surface area contributed by atoms with E-state index in [2.05, 4.69) is 29.2 Å². The van der Waals surface area contributed by atoms with Crippen molar-refractivity contribution in [1.82, 2.24) is 0 Å². The van der Waals surface area contributed by atoms with Gasteiger partial charge in [-0.05, 0) is 6.92 Å². The summed E-state index contributed by atoms with van der Waals surface area (Å²) in [5.41, 5.74) is 0.433. The van der Waals surface area contributed by atoms with Crippen LogP contribution >= 0.6 is 0 Å². The average Bonchev–Trinajstić information content (AvgIpc) is 2.44. The largest absolute Gasteiger partial charge is 0.478 e. The van der Waals surface area contributed by atoms with Crippen molar-refractivity contribution in [3.63, 3.8) is 0 Å². The van der Waals surface area contributed by atoms with E-state index in [1.807, 2.05) is 0 Å². The molecule has 0 radical (unpaired) electrons. The number of carboxylic acids is 1. The van der Waals surface area contributed by atoms with Crippen LogP contribution in [0.1, 0.15) is 6.92 Å². The molecule has 0 aromatic rings. The molecule has 0 aliphatic heterocycles. The first-order valence-electron chi connectivity index (χ1n) is 5.25. The van der Waals surface area contributed by atoms with Crippen LogP contribution in [0.5, 0.6) is 0 Å². The maximum absolute atomic E-state index is 10.2. The molecule has 0 amide bonds. The summed E-state index contributed by atoms with van der Waals surface area (Å²) in [4.78, 5) is 29.6. The fourth-order valence-corrected chi connectivity index (χ4v) is 0.379. The van der Waals surface area contributed by atoms with Crippen LogP contribution in [0, 0.1) is 0 Å². The van der Waals surface area contributed by atoms with Gasteiger partial charge < -0.3 is 19.7 Å². The van der Waals surface area contributed by atoms with Crippen molar-refractivity contribution in [1.29, 1.82) is 0 Å². The minimum atomic E-state index is -0.981. The van der Waals surface area contributed by atoms with Crippen molar-refractivity contribution in [2.24, 2.45) is 0 Å². The van der Waals surface area contributed by atoms with E-state index in [0.717, 1.165) is 12.2 Å². The van der Waals surface area contributed by atoms with Gasteiger partial charge in [-0.2, -0.15) is 0 Å². The number of carboxylic acid groups (broad SMARTS) is 1. The quantitative estimate of drug-likeness (QED) is 0.566. The Morgan fingerprint density at radius 1 is 1.20 bits per heavy atom. The minimum Gasteiger partial charge on any atom is -0.478 e. The molecule has 0 aromatic heterocycles. The molecule has 0 unspecified atom stereocenters. The molecule has 0 bridgehead atoms. The molecular weight excluding hydrogens is 268 g/mol. The molecule has 0 aliphatic carbocycles. The number of esters is 2. The van der Waals surface area contributed by atoms with Crippen LogP contribution in [0.4, 0.5) is 0 Å². The van der Waals surface area contributed by atoms with Gasteiger partial charge in [0.2, 0.25) is 0 Å². The molecule has 7 nitrogen and oxygen atoms in total. The van der Waals surface area contributed by atoms with Gasteiger partial charge in [-0.3, -0.25) is 0 Å². The highest BCUT2D eigenvalue weighted by molar-refractivity contribution is 5.86. The Balaban J connectivity index is -0.000000223. The standard InChI is InChI=1S/C5H8O3.C5H8O2.C3H4O2/c1-2-5(7)8-4-3-6;1-4(2)5(6)7-3;1-2-3(4)5/h2,6H,1,3-4H2;1H2,2-3H3;2H,1H2,(H,4,5). The Kier molecular flexibility index (Phi) is 18.9. The number of methoxy groups -OCH3 is 1. The van der Waals surface area contributed by atoms with E-state index >= 15 is 0 Å². The average molecular weight is 288 g/mol. The zero-order valence-corrected chi connectivity index (χ0v) is 11.6. The second-order valence-corrected chi connectivity index (χ2v) is 2.91. The smallest absolute Gasteiger partial charge is 0.332 e. The van der Waals surface area contributed by atoms with Crippen molar-refractivity contribution in [3.05, 3.63) is 37.5 Å². The van der Waals surface area contributed by atoms with Gasteiger partial charge in [0.1, 0.15) is 6.61 Å². The summed E-state index contributed by atoms with van der Waals surface area (Å²) in [5, 5.41) is 15.7. The number of aliphatic carboxylic acids is 1. The van der Waals surface area contributed by atoms with Gasteiger partial charge in [-0.1, -0.05) is 19.7 Å². The third-order valence-electron chi connectivity index (χ3n) is 1.21. The summed E-state index contributed by atoms with van der Waals surface area (Å²) >= 11 is 0. The molecule has 0 aliphatic rings. The van der Waals surface area contributed by atoms with Crippen LogP contribution in [0.15, 0.2) is 37.5 Å². The molecule has 0 aromatic carbocycles.